The van der Waals surface area contributed by atoms with Crippen LogP contribution in [0.2, 0.25) is 0 Å². The van der Waals surface area contributed by atoms with E-state index < -0.39 is 0 Å². The van der Waals surface area contributed by atoms with Crippen LogP contribution in [0.3, 0.4) is 0 Å². The lowest BCUT2D eigenvalue weighted by molar-refractivity contribution is 0.384. The van der Waals surface area contributed by atoms with Crippen LogP contribution in [0.1, 0.15) is 44.6 Å². The van der Waals surface area contributed by atoms with Gasteiger partial charge in [0.05, 0.1) is 0 Å². The Bertz CT molecular complexity index is 1360. The normalized spacial score (nSPS) is 14.0. The molecule has 1 aliphatic heterocycles. The van der Waals surface area contributed by atoms with Gasteiger partial charge in [0.25, 0.3) is 5.56 Å². The Hall–Kier alpha value is -3.39. The molecule has 5 rings (SSSR count). The van der Waals surface area contributed by atoms with Crippen molar-refractivity contribution in [1.82, 2.24) is 24.6 Å². The molecule has 8 nitrogen and oxygen atoms in total. The molecule has 0 fully saturated rings. The maximum atomic E-state index is 13.0. The topological polar surface area (TPSA) is 89.9 Å². The molecule has 1 aliphatic rings. The van der Waals surface area contributed by atoms with Crippen LogP contribution in [0.4, 0.5) is 11.6 Å². The predicted octanol–water partition coefficient (Wildman–Crippen LogP) is 3.88. The van der Waals surface area contributed by atoms with Crippen LogP contribution >= 0.6 is 0 Å². The first-order valence-electron chi connectivity index (χ1n) is 11.0. The van der Waals surface area contributed by atoms with Crippen molar-refractivity contribution in [3.05, 3.63) is 63.8 Å². The number of fused-ring (bicyclic) bond motifs is 2. The Morgan fingerprint density at radius 1 is 1.19 bits per heavy atom. The van der Waals surface area contributed by atoms with Crippen LogP contribution in [-0.2, 0) is 24.9 Å². The lowest BCUT2D eigenvalue weighted by atomic mass is 9.94. The van der Waals surface area contributed by atoms with Gasteiger partial charge in [-0.2, -0.15) is 9.67 Å². The Labute approximate surface area is 186 Å². The number of nitrogens with zero attached hydrogens (tertiary/aromatic N) is 4. The van der Waals surface area contributed by atoms with Gasteiger partial charge in [-0.1, -0.05) is 26.8 Å². The third-order valence-electron chi connectivity index (χ3n) is 5.86. The first kappa shape index (κ1) is 20.5. The van der Waals surface area contributed by atoms with Crippen molar-refractivity contribution in [2.24, 2.45) is 0 Å². The Kier molecular flexibility index (Phi) is 4.89. The molecule has 0 unspecified atom stereocenters. The number of rotatable bonds is 4. The molecule has 0 aliphatic carbocycles. The van der Waals surface area contributed by atoms with Crippen molar-refractivity contribution in [1.29, 1.82) is 0 Å². The van der Waals surface area contributed by atoms with E-state index in [4.69, 9.17) is 9.40 Å². The van der Waals surface area contributed by atoms with Crippen LogP contribution in [0, 0.1) is 0 Å². The van der Waals surface area contributed by atoms with E-state index in [1.807, 2.05) is 25.1 Å². The van der Waals surface area contributed by atoms with Crippen molar-refractivity contribution in [3.8, 4) is 5.88 Å². The third kappa shape index (κ3) is 3.50. The Morgan fingerprint density at radius 3 is 2.78 bits per heavy atom. The SMILES string of the molecule is CCn1c(=O)c2cnc(Nc3ccc4c(c3)CNCC4)nc2n1-c1ccc(C(C)(C)C)o1. The first-order chi connectivity index (χ1) is 15.3. The average molecular weight is 433 g/mol. The number of benzene rings is 1. The van der Waals surface area contributed by atoms with Gasteiger partial charge in [0.15, 0.2) is 5.65 Å². The molecule has 1 aromatic carbocycles. The molecule has 166 valence electrons. The fourth-order valence-electron chi connectivity index (χ4n) is 4.13. The second-order valence-electron chi connectivity index (χ2n) is 9.19. The van der Waals surface area contributed by atoms with E-state index in [-0.39, 0.29) is 11.0 Å². The summed E-state index contributed by atoms with van der Waals surface area (Å²) in [7, 11) is 0. The molecule has 8 heteroatoms. The molecule has 0 spiro atoms. The molecule has 0 radical (unpaired) electrons. The molecule has 4 aromatic rings. The molecule has 0 bridgehead atoms. The highest BCUT2D eigenvalue weighted by Crippen LogP contribution is 2.27. The summed E-state index contributed by atoms with van der Waals surface area (Å²) in [6.45, 7) is 10.6. The number of nitrogens with one attached hydrogen (secondary N) is 2. The summed E-state index contributed by atoms with van der Waals surface area (Å²) in [5.74, 6) is 1.85. The molecule has 4 heterocycles. The largest absolute Gasteiger partial charge is 0.443 e. The van der Waals surface area contributed by atoms with Gasteiger partial charge in [-0.3, -0.25) is 4.79 Å². The highest BCUT2D eigenvalue weighted by molar-refractivity contribution is 5.77. The monoisotopic (exact) mass is 432 g/mol. The smallest absolute Gasteiger partial charge is 0.278 e. The van der Waals surface area contributed by atoms with Crippen molar-refractivity contribution in [3.63, 3.8) is 0 Å². The fourth-order valence-corrected chi connectivity index (χ4v) is 4.13. The van der Waals surface area contributed by atoms with Gasteiger partial charge >= 0.3 is 0 Å². The molecule has 0 amide bonds. The van der Waals surface area contributed by atoms with Crippen molar-refractivity contribution in [2.45, 2.75) is 52.6 Å². The minimum absolute atomic E-state index is 0.136. The average Bonchev–Trinajstić information content (AvgIpc) is 3.36. The van der Waals surface area contributed by atoms with Gasteiger partial charge in [-0.05, 0) is 49.2 Å². The lowest BCUT2D eigenvalue weighted by Crippen LogP contribution is -2.23. The fraction of sp³-hybridized carbons (Fsp3) is 0.375. The Balaban J connectivity index is 1.58. The lowest BCUT2D eigenvalue weighted by Gasteiger charge is -2.18. The van der Waals surface area contributed by atoms with Crippen molar-refractivity contribution < 1.29 is 4.42 Å². The number of hydrogen-bond acceptors (Lipinski definition) is 6. The summed E-state index contributed by atoms with van der Waals surface area (Å²) in [6, 6.07) is 10.2. The molecule has 2 N–H and O–H groups in total. The van der Waals surface area contributed by atoms with Gasteiger partial charge in [-0.15, -0.1) is 0 Å². The molecule has 0 saturated carbocycles. The zero-order chi connectivity index (χ0) is 22.5. The highest BCUT2D eigenvalue weighted by Gasteiger charge is 2.22. The van der Waals surface area contributed by atoms with E-state index in [1.54, 1.807) is 15.6 Å². The standard InChI is InChI=1S/C24H28N6O2/c1-5-29-22(31)18-14-26-23(27-17-7-6-15-10-11-25-13-16(15)12-17)28-21(18)30(29)20-9-8-19(32-20)24(2,3)4/h6-9,12,14,25H,5,10-11,13H2,1-4H3,(H,26,27,28). The van der Waals surface area contributed by atoms with Crippen LogP contribution in [-0.4, -0.2) is 25.9 Å². The van der Waals surface area contributed by atoms with Gasteiger partial charge in [0.1, 0.15) is 11.1 Å². The summed E-state index contributed by atoms with van der Waals surface area (Å²) >= 11 is 0. The highest BCUT2D eigenvalue weighted by atomic mass is 16.4. The van der Waals surface area contributed by atoms with Gasteiger partial charge in [0, 0.05) is 36.5 Å². The van der Waals surface area contributed by atoms with E-state index in [2.05, 4.69) is 48.5 Å². The molecule has 3 aromatic heterocycles. The number of aromatic nitrogens is 4. The Morgan fingerprint density at radius 2 is 2.03 bits per heavy atom. The van der Waals surface area contributed by atoms with Crippen molar-refractivity contribution in [2.75, 3.05) is 11.9 Å². The van der Waals surface area contributed by atoms with Crippen LogP contribution in [0.5, 0.6) is 0 Å². The summed E-state index contributed by atoms with van der Waals surface area (Å²) in [6.07, 6.45) is 2.62. The van der Waals surface area contributed by atoms with Crippen molar-refractivity contribution >= 4 is 22.7 Å². The number of hydrogen-bond donors (Lipinski definition) is 2. The molecular weight excluding hydrogens is 404 g/mol. The van der Waals surface area contributed by atoms with Crippen LogP contribution in [0.15, 0.2) is 45.7 Å². The second-order valence-corrected chi connectivity index (χ2v) is 9.19. The van der Waals surface area contributed by atoms with Gasteiger partial charge in [-0.25, -0.2) is 9.67 Å². The first-order valence-corrected chi connectivity index (χ1v) is 11.0. The van der Waals surface area contributed by atoms with E-state index in [0.717, 1.165) is 31.0 Å². The number of anilines is 2. The minimum atomic E-state index is -0.137. The molecular formula is C24H28N6O2. The predicted molar refractivity (Wildman–Crippen MR) is 125 cm³/mol. The zero-order valence-corrected chi connectivity index (χ0v) is 18.9. The van der Waals surface area contributed by atoms with Crippen LogP contribution < -0.4 is 16.2 Å². The van der Waals surface area contributed by atoms with E-state index in [9.17, 15) is 4.79 Å². The maximum absolute atomic E-state index is 13.0. The van der Waals surface area contributed by atoms with E-state index >= 15 is 0 Å². The third-order valence-corrected chi connectivity index (χ3v) is 5.86. The van der Waals surface area contributed by atoms with Crippen LogP contribution in [0.25, 0.3) is 16.9 Å². The summed E-state index contributed by atoms with van der Waals surface area (Å²) in [5, 5.41) is 7.15. The minimum Gasteiger partial charge on any atom is -0.443 e. The maximum Gasteiger partial charge on any atom is 0.278 e. The quantitative estimate of drug-likeness (QED) is 0.509. The number of furan rings is 1. The molecule has 0 saturated heterocycles. The summed E-state index contributed by atoms with van der Waals surface area (Å²) in [5.41, 5.74) is 3.81. The van der Waals surface area contributed by atoms with Gasteiger partial charge in [0.2, 0.25) is 11.8 Å². The zero-order valence-electron chi connectivity index (χ0n) is 18.9. The molecule has 32 heavy (non-hydrogen) atoms. The summed E-state index contributed by atoms with van der Waals surface area (Å²) < 4.78 is 9.50. The van der Waals surface area contributed by atoms with E-state index in [1.165, 1.54) is 11.1 Å². The second kappa shape index (κ2) is 7.63. The van der Waals surface area contributed by atoms with E-state index in [0.29, 0.717) is 29.4 Å². The van der Waals surface area contributed by atoms with Gasteiger partial charge < -0.3 is 15.1 Å². The summed E-state index contributed by atoms with van der Waals surface area (Å²) in [4.78, 5) is 22.1. The molecule has 0 atom stereocenters.